The summed E-state index contributed by atoms with van der Waals surface area (Å²) in [5.74, 6) is 0. The van der Waals surface area contributed by atoms with Crippen LogP contribution in [-0.2, 0) is 12.7 Å². The predicted octanol–water partition coefficient (Wildman–Crippen LogP) is 3.17. The molecule has 0 bridgehead atoms. The number of halogens is 3. The predicted molar refractivity (Wildman–Crippen MR) is 73.0 cm³/mol. The van der Waals surface area contributed by atoms with Gasteiger partial charge in [0.05, 0.1) is 11.3 Å². The highest BCUT2D eigenvalue weighted by Gasteiger charge is 2.33. The van der Waals surface area contributed by atoms with E-state index in [4.69, 9.17) is 0 Å². The number of aromatic nitrogens is 3. The van der Waals surface area contributed by atoms with Gasteiger partial charge in [-0.05, 0) is 38.5 Å². The Balaban J connectivity index is 2.37. The van der Waals surface area contributed by atoms with Crippen LogP contribution in [0.4, 0.5) is 13.2 Å². The largest absolute Gasteiger partial charge is 0.416 e. The van der Waals surface area contributed by atoms with Crippen molar-refractivity contribution in [3.05, 3.63) is 42.0 Å². The Hall–Kier alpha value is -1.89. The minimum absolute atomic E-state index is 0.149. The average molecular weight is 298 g/mol. The van der Waals surface area contributed by atoms with E-state index in [1.807, 2.05) is 20.8 Å². The molecule has 2 aromatic rings. The number of hydrogen-bond donors (Lipinski definition) is 1. The Morgan fingerprint density at radius 1 is 1.19 bits per heavy atom. The molecule has 0 saturated carbocycles. The molecule has 1 N–H and O–H groups in total. The Morgan fingerprint density at radius 3 is 2.43 bits per heavy atom. The van der Waals surface area contributed by atoms with Crippen LogP contribution in [0.2, 0.25) is 0 Å². The van der Waals surface area contributed by atoms with Crippen molar-refractivity contribution in [2.75, 3.05) is 0 Å². The van der Waals surface area contributed by atoms with Gasteiger partial charge in [-0.3, -0.25) is 0 Å². The number of nitrogens with one attached hydrogen (secondary N) is 1. The topological polar surface area (TPSA) is 42.7 Å². The lowest BCUT2D eigenvalue weighted by Gasteiger charge is -2.22. The molecule has 0 radical (unpaired) electrons. The van der Waals surface area contributed by atoms with E-state index in [2.05, 4.69) is 15.4 Å². The van der Waals surface area contributed by atoms with Crippen molar-refractivity contribution >= 4 is 0 Å². The highest BCUT2D eigenvalue weighted by atomic mass is 19.4. The first-order valence-electron chi connectivity index (χ1n) is 6.47. The van der Waals surface area contributed by atoms with Crippen LogP contribution in [0.1, 0.15) is 31.9 Å². The maximum Gasteiger partial charge on any atom is 0.416 e. The monoisotopic (exact) mass is 298 g/mol. The Kier molecular flexibility index (Phi) is 4.04. The van der Waals surface area contributed by atoms with Crippen LogP contribution in [-0.4, -0.2) is 20.3 Å². The molecule has 114 valence electrons. The molecule has 1 aromatic heterocycles. The summed E-state index contributed by atoms with van der Waals surface area (Å²) in [4.78, 5) is 3.74. The first-order chi connectivity index (χ1) is 9.67. The van der Waals surface area contributed by atoms with Gasteiger partial charge in [0.25, 0.3) is 0 Å². The SMILES string of the molecule is CC(C)(C)NCc1ccc(-n2cncn2)cc1C(F)(F)F. The minimum Gasteiger partial charge on any atom is -0.308 e. The quantitative estimate of drug-likeness (QED) is 0.946. The third-order valence-corrected chi connectivity index (χ3v) is 2.89. The van der Waals surface area contributed by atoms with Gasteiger partial charge >= 0.3 is 6.18 Å². The van der Waals surface area contributed by atoms with E-state index >= 15 is 0 Å². The highest BCUT2D eigenvalue weighted by molar-refractivity contribution is 5.41. The summed E-state index contributed by atoms with van der Waals surface area (Å²) in [7, 11) is 0. The molecule has 0 spiro atoms. The lowest BCUT2D eigenvalue weighted by atomic mass is 10.0. The lowest BCUT2D eigenvalue weighted by molar-refractivity contribution is -0.138. The molecule has 0 amide bonds. The molecular formula is C14H17F3N4. The van der Waals surface area contributed by atoms with Gasteiger partial charge in [-0.1, -0.05) is 6.07 Å². The van der Waals surface area contributed by atoms with Crippen molar-refractivity contribution in [2.24, 2.45) is 0 Å². The van der Waals surface area contributed by atoms with Gasteiger partial charge in [0, 0.05) is 12.1 Å². The number of nitrogens with zero attached hydrogens (tertiary/aromatic N) is 3. The zero-order valence-corrected chi connectivity index (χ0v) is 12.1. The number of hydrogen-bond acceptors (Lipinski definition) is 3. The molecule has 0 atom stereocenters. The summed E-state index contributed by atoms with van der Waals surface area (Å²) in [6, 6.07) is 4.16. The molecule has 0 aliphatic carbocycles. The van der Waals surface area contributed by atoms with Crippen molar-refractivity contribution in [3.63, 3.8) is 0 Å². The first-order valence-corrected chi connectivity index (χ1v) is 6.47. The van der Waals surface area contributed by atoms with Crippen LogP contribution in [0.15, 0.2) is 30.9 Å². The molecule has 0 aliphatic heterocycles. The van der Waals surface area contributed by atoms with Crippen LogP contribution < -0.4 is 5.32 Å². The molecule has 2 rings (SSSR count). The Bertz CT molecular complexity index is 598. The number of rotatable bonds is 3. The summed E-state index contributed by atoms with van der Waals surface area (Å²) in [6.07, 6.45) is -1.77. The molecule has 0 saturated heterocycles. The van der Waals surface area contributed by atoms with Gasteiger partial charge in [0.2, 0.25) is 0 Å². The first kappa shape index (κ1) is 15.5. The molecule has 0 aliphatic rings. The fourth-order valence-electron chi connectivity index (χ4n) is 1.83. The van der Waals surface area contributed by atoms with Gasteiger partial charge in [-0.25, -0.2) is 9.67 Å². The Labute approximate surface area is 121 Å². The van der Waals surface area contributed by atoms with Crippen LogP contribution in [0.25, 0.3) is 5.69 Å². The number of benzene rings is 1. The van der Waals surface area contributed by atoms with Crippen molar-refractivity contribution in [1.29, 1.82) is 0 Å². The summed E-state index contributed by atoms with van der Waals surface area (Å²) >= 11 is 0. The van der Waals surface area contributed by atoms with E-state index in [0.29, 0.717) is 5.69 Å². The normalized spacial score (nSPS) is 12.7. The van der Waals surface area contributed by atoms with Crippen molar-refractivity contribution < 1.29 is 13.2 Å². The summed E-state index contributed by atoms with van der Waals surface area (Å²) < 4.78 is 41.0. The van der Waals surface area contributed by atoms with Crippen LogP contribution in [0, 0.1) is 0 Å². The van der Waals surface area contributed by atoms with Gasteiger partial charge in [0.15, 0.2) is 0 Å². The van der Waals surface area contributed by atoms with Crippen LogP contribution in [0.5, 0.6) is 0 Å². The second-order valence-electron chi connectivity index (χ2n) is 5.78. The molecule has 4 nitrogen and oxygen atoms in total. The fraction of sp³-hybridized carbons (Fsp3) is 0.429. The third kappa shape index (κ3) is 4.04. The van der Waals surface area contributed by atoms with Gasteiger partial charge in [-0.2, -0.15) is 18.3 Å². The zero-order chi connectivity index (χ0) is 15.7. The number of alkyl halides is 3. The second-order valence-corrected chi connectivity index (χ2v) is 5.78. The molecular weight excluding hydrogens is 281 g/mol. The van der Waals surface area contributed by atoms with E-state index in [-0.39, 0.29) is 17.6 Å². The summed E-state index contributed by atoms with van der Waals surface area (Å²) in [5.41, 5.74) is -0.374. The van der Waals surface area contributed by atoms with Crippen molar-refractivity contribution in [3.8, 4) is 5.69 Å². The van der Waals surface area contributed by atoms with E-state index in [0.717, 1.165) is 6.07 Å². The summed E-state index contributed by atoms with van der Waals surface area (Å²) in [6.45, 7) is 5.87. The molecule has 1 heterocycles. The zero-order valence-electron chi connectivity index (χ0n) is 12.1. The molecule has 21 heavy (non-hydrogen) atoms. The Morgan fingerprint density at radius 2 is 1.90 bits per heavy atom. The molecule has 1 aromatic carbocycles. The van der Waals surface area contributed by atoms with Crippen molar-refractivity contribution in [2.45, 2.75) is 39.0 Å². The molecule has 0 unspecified atom stereocenters. The van der Waals surface area contributed by atoms with E-state index in [9.17, 15) is 13.2 Å². The second kappa shape index (κ2) is 5.48. The van der Waals surface area contributed by atoms with Crippen molar-refractivity contribution in [1.82, 2.24) is 20.1 Å². The maximum absolute atomic E-state index is 13.2. The van der Waals surface area contributed by atoms with Crippen LogP contribution in [0.3, 0.4) is 0 Å². The third-order valence-electron chi connectivity index (χ3n) is 2.89. The summed E-state index contributed by atoms with van der Waals surface area (Å²) in [5, 5.41) is 6.92. The fourth-order valence-corrected chi connectivity index (χ4v) is 1.83. The standard InChI is InChI=1S/C14H17F3N4/c1-13(2,3)19-7-10-4-5-11(21-9-18-8-20-21)6-12(10)14(15,16)17/h4-6,8-9,19H,7H2,1-3H3. The maximum atomic E-state index is 13.2. The lowest BCUT2D eigenvalue weighted by Crippen LogP contribution is -2.35. The van der Waals surface area contributed by atoms with E-state index < -0.39 is 11.7 Å². The van der Waals surface area contributed by atoms with E-state index in [1.165, 1.54) is 23.4 Å². The van der Waals surface area contributed by atoms with E-state index in [1.54, 1.807) is 6.07 Å². The van der Waals surface area contributed by atoms with Crippen LogP contribution >= 0.6 is 0 Å². The van der Waals surface area contributed by atoms with Gasteiger partial charge in [0.1, 0.15) is 12.7 Å². The average Bonchev–Trinajstić information content (AvgIpc) is 2.88. The molecule has 7 heteroatoms. The van der Waals surface area contributed by atoms with Gasteiger partial charge in [-0.15, -0.1) is 0 Å². The smallest absolute Gasteiger partial charge is 0.308 e. The van der Waals surface area contributed by atoms with Gasteiger partial charge < -0.3 is 5.32 Å². The molecule has 0 fully saturated rings. The minimum atomic E-state index is -4.41. The highest BCUT2D eigenvalue weighted by Crippen LogP contribution is 2.33.